The van der Waals surface area contributed by atoms with Crippen LogP contribution in [0.2, 0.25) is 0 Å². The summed E-state index contributed by atoms with van der Waals surface area (Å²) in [5, 5.41) is 3.23. The minimum atomic E-state index is 0.502. The lowest BCUT2D eigenvalue weighted by atomic mass is 10.0. The third-order valence-electron chi connectivity index (χ3n) is 4.90. The molecule has 0 saturated heterocycles. The van der Waals surface area contributed by atoms with E-state index in [1.807, 2.05) is 0 Å². The van der Waals surface area contributed by atoms with Gasteiger partial charge in [-0.1, -0.05) is 83.3 Å². The molecule has 0 radical (unpaired) electrons. The van der Waals surface area contributed by atoms with E-state index in [0.29, 0.717) is 12.0 Å². The molecule has 0 spiro atoms. The van der Waals surface area contributed by atoms with Gasteiger partial charge in [0.2, 0.25) is 0 Å². The Balaban J connectivity index is 1.72. The first-order valence-corrected chi connectivity index (χ1v) is 10.5. The fourth-order valence-corrected chi connectivity index (χ4v) is 3.31. The SMILES string of the molecule is CCCCCCCC/C=C\CCCCCCCCC1CN=C(N)N1. The summed E-state index contributed by atoms with van der Waals surface area (Å²) in [4.78, 5) is 4.19. The summed E-state index contributed by atoms with van der Waals surface area (Å²) < 4.78 is 0. The van der Waals surface area contributed by atoms with Gasteiger partial charge in [-0.3, -0.25) is 4.99 Å². The average molecular weight is 336 g/mol. The van der Waals surface area contributed by atoms with E-state index in [4.69, 9.17) is 5.73 Å². The zero-order valence-corrected chi connectivity index (χ0v) is 16.1. The molecule has 1 unspecified atom stereocenters. The predicted octanol–water partition coefficient (Wildman–Crippen LogP) is 5.70. The highest BCUT2D eigenvalue weighted by atomic mass is 15.2. The van der Waals surface area contributed by atoms with Gasteiger partial charge in [0.05, 0.1) is 6.54 Å². The molecule has 1 heterocycles. The summed E-state index contributed by atoms with van der Waals surface area (Å²) in [6.45, 7) is 3.15. The van der Waals surface area contributed by atoms with Crippen molar-refractivity contribution in [3.63, 3.8) is 0 Å². The van der Waals surface area contributed by atoms with Crippen molar-refractivity contribution >= 4 is 5.96 Å². The molecule has 1 aliphatic heterocycles. The Hall–Kier alpha value is -0.990. The van der Waals surface area contributed by atoms with Gasteiger partial charge >= 0.3 is 0 Å². The molecule has 3 N–H and O–H groups in total. The van der Waals surface area contributed by atoms with Crippen molar-refractivity contribution < 1.29 is 0 Å². The molecule has 0 aromatic carbocycles. The highest BCUT2D eigenvalue weighted by molar-refractivity contribution is 5.79. The smallest absolute Gasteiger partial charge is 0.188 e. The molecular formula is C21H41N3. The van der Waals surface area contributed by atoms with Gasteiger partial charge in [0.25, 0.3) is 0 Å². The van der Waals surface area contributed by atoms with Crippen molar-refractivity contribution in [1.29, 1.82) is 0 Å². The van der Waals surface area contributed by atoms with E-state index in [-0.39, 0.29) is 0 Å². The molecule has 0 saturated carbocycles. The fourth-order valence-electron chi connectivity index (χ4n) is 3.31. The van der Waals surface area contributed by atoms with Crippen LogP contribution in [-0.2, 0) is 0 Å². The van der Waals surface area contributed by atoms with Crippen LogP contribution in [0, 0.1) is 0 Å². The molecule has 24 heavy (non-hydrogen) atoms. The minimum Gasteiger partial charge on any atom is -0.370 e. The van der Waals surface area contributed by atoms with Crippen LogP contribution in [0.25, 0.3) is 0 Å². The highest BCUT2D eigenvalue weighted by Crippen LogP contribution is 2.12. The zero-order valence-electron chi connectivity index (χ0n) is 16.1. The van der Waals surface area contributed by atoms with Crippen molar-refractivity contribution in [3.8, 4) is 0 Å². The van der Waals surface area contributed by atoms with Crippen LogP contribution in [0.5, 0.6) is 0 Å². The van der Waals surface area contributed by atoms with Crippen LogP contribution >= 0.6 is 0 Å². The molecule has 1 aliphatic rings. The van der Waals surface area contributed by atoms with Gasteiger partial charge in [0, 0.05) is 6.04 Å². The Bertz CT molecular complexity index is 336. The normalized spacial score (nSPS) is 17.4. The molecule has 0 aromatic rings. The van der Waals surface area contributed by atoms with Crippen LogP contribution in [0.3, 0.4) is 0 Å². The van der Waals surface area contributed by atoms with Gasteiger partial charge in [0.15, 0.2) is 5.96 Å². The van der Waals surface area contributed by atoms with E-state index in [1.54, 1.807) is 0 Å². The third kappa shape index (κ3) is 12.4. The van der Waals surface area contributed by atoms with Gasteiger partial charge < -0.3 is 11.1 Å². The van der Waals surface area contributed by atoms with Gasteiger partial charge in [-0.15, -0.1) is 0 Å². The van der Waals surface area contributed by atoms with Crippen LogP contribution in [0.15, 0.2) is 17.1 Å². The number of allylic oxidation sites excluding steroid dienone is 2. The summed E-state index contributed by atoms with van der Waals surface area (Å²) in [5.41, 5.74) is 5.62. The van der Waals surface area contributed by atoms with Crippen LogP contribution in [0.4, 0.5) is 0 Å². The van der Waals surface area contributed by atoms with E-state index < -0.39 is 0 Å². The molecular weight excluding hydrogens is 294 g/mol. The first kappa shape index (κ1) is 21.1. The number of guanidine groups is 1. The summed E-state index contributed by atoms with van der Waals surface area (Å²) in [5.74, 6) is 0.629. The standard InChI is InChI=1S/C21H41N3/c1-2-3-4-5-6-7-8-9-10-11-12-13-14-15-16-17-18-20-19-23-21(22)24-20/h9-10,20H,2-8,11-19H2,1H3,(H3,22,23,24)/b10-9-. The van der Waals surface area contributed by atoms with Gasteiger partial charge in [-0.25, -0.2) is 0 Å². The first-order chi connectivity index (χ1) is 11.8. The van der Waals surface area contributed by atoms with E-state index in [1.165, 1.54) is 96.3 Å². The van der Waals surface area contributed by atoms with E-state index in [2.05, 4.69) is 29.4 Å². The first-order valence-electron chi connectivity index (χ1n) is 10.5. The van der Waals surface area contributed by atoms with Crippen molar-refractivity contribution in [3.05, 3.63) is 12.2 Å². The molecule has 140 valence electrons. The summed E-state index contributed by atoms with van der Waals surface area (Å²) in [6.07, 6.45) is 25.2. The van der Waals surface area contributed by atoms with Gasteiger partial charge in [-0.2, -0.15) is 0 Å². The maximum absolute atomic E-state index is 5.62. The summed E-state index contributed by atoms with van der Waals surface area (Å²) in [6, 6.07) is 0.502. The van der Waals surface area contributed by atoms with E-state index in [9.17, 15) is 0 Å². The summed E-state index contributed by atoms with van der Waals surface area (Å²) >= 11 is 0. The van der Waals surface area contributed by atoms with Crippen LogP contribution < -0.4 is 11.1 Å². The van der Waals surface area contributed by atoms with Crippen LogP contribution in [0.1, 0.15) is 103 Å². The molecule has 1 atom stereocenters. The number of hydrogen-bond acceptors (Lipinski definition) is 3. The van der Waals surface area contributed by atoms with Gasteiger partial charge in [0.1, 0.15) is 0 Å². The molecule has 0 aromatic heterocycles. The molecule has 3 heteroatoms. The molecule has 0 aliphatic carbocycles. The lowest BCUT2D eigenvalue weighted by molar-refractivity contribution is 0.525. The monoisotopic (exact) mass is 335 g/mol. The zero-order chi connectivity index (χ0) is 17.3. The Morgan fingerprint density at radius 3 is 1.96 bits per heavy atom. The number of nitrogens with two attached hydrogens (primary N) is 1. The van der Waals surface area contributed by atoms with Gasteiger partial charge in [-0.05, 0) is 32.1 Å². The second-order valence-electron chi connectivity index (χ2n) is 7.29. The number of unbranched alkanes of at least 4 members (excludes halogenated alkanes) is 12. The average Bonchev–Trinajstić information content (AvgIpc) is 3.00. The second kappa shape index (κ2) is 15.5. The Morgan fingerprint density at radius 1 is 0.875 bits per heavy atom. The highest BCUT2D eigenvalue weighted by Gasteiger charge is 2.13. The third-order valence-corrected chi connectivity index (χ3v) is 4.90. The largest absolute Gasteiger partial charge is 0.370 e. The predicted molar refractivity (Wildman–Crippen MR) is 107 cm³/mol. The number of nitrogens with zero attached hydrogens (tertiary/aromatic N) is 1. The second-order valence-corrected chi connectivity index (χ2v) is 7.29. The Morgan fingerprint density at radius 2 is 1.42 bits per heavy atom. The number of aliphatic imine (C=N–C) groups is 1. The van der Waals surface area contributed by atoms with Crippen molar-refractivity contribution in [1.82, 2.24) is 5.32 Å². The fraction of sp³-hybridized carbons (Fsp3) is 0.857. The van der Waals surface area contributed by atoms with E-state index in [0.717, 1.165) is 6.54 Å². The van der Waals surface area contributed by atoms with E-state index >= 15 is 0 Å². The minimum absolute atomic E-state index is 0.502. The maximum Gasteiger partial charge on any atom is 0.188 e. The number of hydrogen-bond donors (Lipinski definition) is 2. The number of rotatable bonds is 16. The number of nitrogens with one attached hydrogen (secondary N) is 1. The molecule has 0 bridgehead atoms. The van der Waals surface area contributed by atoms with Crippen molar-refractivity contribution in [2.75, 3.05) is 6.54 Å². The van der Waals surface area contributed by atoms with Crippen molar-refractivity contribution in [2.24, 2.45) is 10.7 Å². The molecule has 3 nitrogen and oxygen atoms in total. The van der Waals surface area contributed by atoms with Crippen LogP contribution in [-0.4, -0.2) is 18.5 Å². The molecule has 0 fully saturated rings. The lowest BCUT2D eigenvalue weighted by Crippen LogP contribution is -2.34. The van der Waals surface area contributed by atoms with Crippen molar-refractivity contribution in [2.45, 2.75) is 109 Å². The maximum atomic E-state index is 5.62. The lowest BCUT2D eigenvalue weighted by Gasteiger charge is -2.09. The topological polar surface area (TPSA) is 50.4 Å². The molecule has 0 amide bonds. The molecule has 1 rings (SSSR count). The Kier molecular flexibility index (Phi) is 13.6. The quantitative estimate of drug-likeness (QED) is 0.281. The Labute approximate surface area is 150 Å². The summed E-state index contributed by atoms with van der Waals surface area (Å²) in [7, 11) is 0.